The van der Waals surface area contributed by atoms with Crippen LogP contribution in [0.1, 0.15) is 35.3 Å². The SMILES string of the molecule is Cc1ccc(F)c(C(=O)c2ccc(OC(C)C)cc2)c1F. The van der Waals surface area contributed by atoms with E-state index in [1.54, 1.807) is 12.1 Å². The predicted molar refractivity (Wildman–Crippen MR) is 76.7 cm³/mol. The second kappa shape index (κ2) is 6.04. The van der Waals surface area contributed by atoms with Crippen LogP contribution in [0.5, 0.6) is 5.75 Å². The first kappa shape index (κ1) is 15.2. The van der Waals surface area contributed by atoms with Gasteiger partial charge < -0.3 is 4.74 Å². The molecule has 2 nitrogen and oxygen atoms in total. The molecular formula is C17H16F2O2. The molecule has 21 heavy (non-hydrogen) atoms. The summed E-state index contributed by atoms with van der Waals surface area (Å²) in [6.07, 6.45) is 0.0122. The molecule has 0 heterocycles. The second-order valence-electron chi connectivity index (χ2n) is 5.07. The number of carbonyl (C=O) groups excluding carboxylic acids is 1. The number of ketones is 1. The van der Waals surface area contributed by atoms with Crippen molar-refractivity contribution < 1.29 is 18.3 Å². The molecule has 0 bridgehead atoms. The molecule has 2 rings (SSSR count). The molecular weight excluding hydrogens is 274 g/mol. The van der Waals surface area contributed by atoms with Crippen LogP contribution in [0, 0.1) is 18.6 Å². The van der Waals surface area contributed by atoms with Crippen molar-refractivity contribution in [2.24, 2.45) is 0 Å². The van der Waals surface area contributed by atoms with Gasteiger partial charge in [-0.2, -0.15) is 0 Å². The summed E-state index contributed by atoms with van der Waals surface area (Å²) in [5.74, 6) is -1.75. The highest BCUT2D eigenvalue weighted by Gasteiger charge is 2.20. The van der Waals surface area contributed by atoms with Gasteiger partial charge in [-0.05, 0) is 56.7 Å². The van der Waals surface area contributed by atoms with Crippen LogP contribution < -0.4 is 4.74 Å². The van der Waals surface area contributed by atoms with Gasteiger partial charge in [0.25, 0.3) is 0 Å². The Balaban J connectivity index is 2.35. The number of hydrogen-bond donors (Lipinski definition) is 0. The Bertz CT molecular complexity index is 661. The van der Waals surface area contributed by atoms with Gasteiger partial charge >= 0.3 is 0 Å². The number of benzene rings is 2. The highest BCUT2D eigenvalue weighted by Crippen LogP contribution is 2.22. The van der Waals surface area contributed by atoms with Gasteiger partial charge in [-0.25, -0.2) is 8.78 Å². The number of hydrogen-bond acceptors (Lipinski definition) is 2. The number of carbonyl (C=O) groups is 1. The van der Waals surface area contributed by atoms with E-state index >= 15 is 0 Å². The molecule has 0 spiro atoms. The summed E-state index contributed by atoms with van der Waals surface area (Å²) in [7, 11) is 0. The summed E-state index contributed by atoms with van der Waals surface area (Å²) in [5, 5.41) is 0. The Morgan fingerprint density at radius 1 is 1.05 bits per heavy atom. The maximum atomic E-state index is 14.0. The third-order valence-corrected chi connectivity index (χ3v) is 3.00. The lowest BCUT2D eigenvalue weighted by atomic mass is 10.00. The van der Waals surface area contributed by atoms with Crippen molar-refractivity contribution >= 4 is 5.78 Å². The van der Waals surface area contributed by atoms with Crippen LogP contribution in [0.25, 0.3) is 0 Å². The van der Waals surface area contributed by atoms with Gasteiger partial charge in [0.05, 0.1) is 11.7 Å². The lowest BCUT2D eigenvalue weighted by Crippen LogP contribution is -2.09. The summed E-state index contributed by atoms with van der Waals surface area (Å²) in [5.41, 5.74) is -0.0680. The van der Waals surface area contributed by atoms with E-state index < -0.39 is 23.0 Å². The molecule has 0 aliphatic rings. The second-order valence-corrected chi connectivity index (χ2v) is 5.07. The molecule has 0 saturated heterocycles. The van der Waals surface area contributed by atoms with E-state index in [1.165, 1.54) is 25.1 Å². The summed E-state index contributed by atoms with van der Waals surface area (Å²) in [4.78, 5) is 12.3. The van der Waals surface area contributed by atoms with Crippen molar-refractivity contribution in [3.63, 3.8) is 0 Å². The molecule has 0 aromatic heterocycles. The van der Waals surface area contributed by atoms with Crippen LogP contribution in [0.4, 0.5) is 8.78 Å². The fraction of sp³-hybridized carbons (Fsp3) is 0.235. The summed E-state index contributed by atoms with van der Waals surface area (Å²) in [6.45, 7) is 5.26. The minimum atomic E-state index is -0.856. The minimum Gasteiger partial charge on any atom is -0.491 e. The van der Waals surface area contributed by atoms with Gasteiger partial charge in [-0.15, -0.1) is 0 Å². The van der Waals surface area contributed by atoms with Gasteiger partial charge in [0.1, 0.15) is 17.4 Å². The normalized spacial score (nSPS) is 10.8. The first-order chi connectivity index (χ1) is 9.90. The minimum absolute atomic E-state index is 0.0122. The van der Waals surface area contributed by atoms with E-state index in [2.05, 4.69) is 0 Å². The number of aryl methyl sites for hydroxylation is 1. The Morgan fingerprint density at radius 2 is 1.67 bits per heavy atom. The van der Waals surface area contributed by atoms with Crippen molar-refractivity contribution in [3.8, 4) is 5.75 Å². The first-order valence-corrected chi connectivity index (χ1v) is 6.66. The lowest BCUT2D eigenvalue weighted by molar-refractivity contribution is 0.103. The molecule has 110 valence electrons. The average Bonchev–Trinajstić information content (AvgIpc) is 2.43. The van der Waals surface area contributed by atoms with Crippen LogP contribution in [0.2, 0.25) is 0 Å². The van der Waals surface area contributed by atoms with Crippen LogP contribution in [-0.2, 0) is 0 Å². The van der Waals surface area contributed by atoms with Crippen molar-refractivity contribution in [1.82, 2.24) is 0 Å². The third kappa shape index (κ3) is 3.27. The molecule has 0 amide bonds. The van der Waals surface area contributed by atoms with E-state index in [-0.39, 0.29) is 17.2 Å². The van der Waals surface area contributed by atoms with E-state index in [0.717, 1.165) is 6.07 Å². The molecule has 0 saturated carbocycles. The molecule has 0 atom stereocenters. The van der Waals surface area contributed by atoms with E-state index in [9.17, 15) is 13.6 Å². The quantitative estimate of drug-likeness (QED) is 0.785. The standard InChI is InChI=1S/C17H16F2O2/c1-10(2)21-13-7-5-12(6-8-13)17(20)15-14(18)9-4-11(3)16(15)19/h4-10H,1-3H3. The molecule has 4 heteroatoms. The molecule has 0 fully saturated rings. The zero-order valence-corrected chi connectivity index (χ0v) is 12.1. The van der Waals surface area contributed by atoms with E-state index in [1.807, 2.05) is 13.8 Å². The summed E-state index contributed by atoms with van der Waals surface area (Å²) in [6, 6.07) is 8.63. The Kier molecular flexibility index (Phi) is 4.36. The Morgan fingerprint density at radius 3 is 2.24 bits per heavy atom. The van der Waals surface area contributed by atoms with Crippen LogP contribution in [-0.4, -0.2) is 11.9 Å². The van der Waals surface area contributed by atoms with Gasteiger partial charge in [-0.3, -0.25) is 4.79 Å². The third-order valence-electron chi connectivity index (χ3n) is 3.00. The maximum Gasteiger partial charge on any atom is 0.198 e. The zero-order valence-electron chi connectivity index (χ0n) is 12.1. The first-order valence-electron chi connectivity index (χ1n) is 6.66. The fourth-order valence-corrected chi connectivity index (χ4v) is 1.97. The Labute approximate surface area is 122 Å². The molecule has 0 unspecified atom stereocenters. The highest BCUT2D eigenvalue weighted by atomic mass is 19.1. The van der Waals surface area contributed by atoms with Crippen LogP contribution in [0.15, 0.2) is 36.4 Å². The van der Waals surface area contributed by atoms with Gasteiger partial charge in [-0.1, -0.05) is 6.07 Å². The fourth-order valence-electron chi connectivity index (χ4n) is 1.97. The van der Waals surface area contributed by atoms with Crippen molar-refractivity contribution in [3.05, 3.63) is 64.7 Å². The zero-order chi connectivity index (χ0) is 15.6. The highest BCUT2D eigenvalue weighted by molar-refractivity contribution is 6.09. The topological polar surface area (TPSA) is 26.3 Å². The number of rotatable bonds is 4. The van der Waals surface area contributed by atoms with Crippen LogP contribution in [0.3, 0.4) is 0 Å². The van der Waals surface area contributed by atoms with Crippen molar-refractivity contribution in [2.75, 3.05) is 0 Å². The molecule has 0 aliphatic heterocycles. The molecule has 0 aliphatic carbocycles. The smallest absolute Gasteiger partial charge is 0.198 e. The van der Waals surface area contributed by atoms with Gasteiger partial charge in [0.15, 0.2) is 5.78 Å². The maximum absolute atomic E-state index is 14.0. The van der Waals surface area contributed by atoms with Crippen LogP contribution >= 0.6 is 0 Å². The summed E-state index contributed by atoms with van der Waals surface area (Å²) < 4.78 is 33.2. The summed E-state index contributed by atoms with van der Waals surface area (Å²) >= 11 is 0. The monoisotopic (exact) mass is 290 g/mol. The van der Waals surface area contributed by atoms with E-state index in [4.69, 9.17) is 4.74 Å². The van der Waals surface area contributed by atoms with Crippen molar-refractivity contribution in [1.29, 1.82) is 0 Å². The molecule has 0 radical (unpaired) electrons. The van der Waals surface area contributed by atoms with Gasteiger partial charge in [0.2, 0.25) is 0 Å². The Hall–Kier alpha value is -2.23. The van der Waals surface area contributed by atoms with Crippen molar-refractivity contribution in [2.45, 2.75) is 26.9 Å². The number of ether oxygens (including phenoxy) is 1. The van der Waals surface area contributed by atoms with E-state index in [0.29, 0.717) is 5.75 Å². The average molecular weight is 290 g/mol. The predicted octanol–water partition coefficient (Wildman–Crippen LogP) is 4.29. The molecule has 0 N–H and O–H groups in total. The number of halogens is 2. The largest absolute Gasteiger partial charge is 0.491 e. The molecule has 2 aromatic carbocycles. The molecule has 2 aromatic rings. The van der Waals surface area contributed by atoms with Gasteiger partial charge in [0, 0.05) is 5.56 Å². The lowest BCUT2D eigenvalue weighted by Gasteiger charge is -2.10.